The maximum Gasteiger partial charge on any atom is 0.244 e. The van der Waals surface area contributed by atoms with E-state index in [0.717, 1.165) is 10.6 Å². The first kappa shape index (κ1) is 29.7. The highest BCUT2D eigenvalue weighted by Gasteiger charge is 2.33. The fourth-order valence-corrected chi connectivity index (χ4v) is 4.89. The Morgan fingerprint density at radius 2 is 1.78 bits per heavy atom. The lowest BCUT2D eigenvalue weighted by molar-refractivity contribution is -0.141. The second kappa shape index (κ2) is 12.2. The first-order valence-corrected chi connectivity index (χ1v) is 13.9. The summed E-state index contributed by atoms with van der Waals surface area (Å²) in [5, 5.41) is 3.67. The van der Waals surface area contributed by atoms with Gasteiger partial charge in [0.15, 0.2) is 0 Å². The normalized spacial score (nSPS) is 12.6. The molecule has 0 aliphatic heterocycles. The first-order valence-electron chi connectivity index (χ1n) is 11.3. The first-order chi connectivity index (χ1) is 16.7. The zero-order valence-electron chi connectivity index (χ0n) is 21.3. The fourth-order valence-electron chi connectivity index (χ4n) is 3.59. The molecule has 1 atom stereocenters. The van der Waals surface area contributed by atoms with E-state index < -0.39 is 34.1 Å². The molecule has 0 aliphatic rings. The van der Waals surface area contributed by atoms with Gasteiger partial charge in [0, 0.05) is 28.2 Å². The zero-order valence-corrected chi connectivity index (χ0v) is 23.7. The summed E-state index contributed by atoms with van der Waals surface area (Å²) in [7, 11) is -2.39. The molecule has 8 nitrogen and oxygen atoms in total. The molecule has 11 heteroatoms. The maximum absolute atomic E-state index is 13.7. The summed E-state index contributed by atoms with van der Waals surface area (Å²) in [6, 6.07) is 10.4. The van der Waals surface area contributed by atoms with Crippen molar-refractivity contribution in [2.75, 3.05) is 24.2 Å². The van der Waals surface area contributed by atoms with Crippen LogP contribution in [0.25, 0.3) is 0 Å². The van der Waals surface area contributed by atoms with E-state index in [-0.39, 0.29) is 18.1 Å². The third-order valence-corrected chi connectivity index (χ3v) is 6.99. The van der Waals surface area contributed by atoms with Crippen LogP contribution >= 0.6 is 23.2 Å². The third-order valence-electron chi connectivity index (χ3n) is 5.26. The molecule has 2 amide bonds. The Bertz CT molecular complexity index is 1200. The van der Waals surface area contributed by atoms with E-state index in [1.54, 1.807) is 43.3 Å². The van der Waals surface area contributed by atoms with Crippen molar-refractivity contribution in [1.29, 1.82) is 0 Å². The lowest BCUT2D eigenvalue weighted by Gasteiger charge is -2.34. The zero-order chi connectivity index (χ0) is 27.3. The van der Waals surface area contributed by atoms with Crippen LogP contribution in [0, 0.1) is 0 Å². The summed E-state index contributed by atoms with van der Waals surface area (Å²) in [6.45, 7) is 6.78. The number of rotatable bonds is 10. The van der Waals surface area contributed by atoms with Crippen LogP contribution in [0.1, 0.15) is 39.7 Å². The van der Waals surface area contributed by atoms with Gasteiger partial charge in [0.1, 0.15) is 18.3 Å². The number of carbonyl (C=O) groups is 2. The SMILES string of the molecule is CC[C@H](C(=O)NC(C)(C)C)N(Cc1ccc(Cl)cc1Cl)C(=O)CN(c1cccc(OC)c1)S(C)(=O)=O. The second-order valence-electron chi connectivity index (χ2n) is 9.39. The van der Waals surface area contributed by atoms with Gasteiger partial charge in [0.25, 0.3) is 0 Å². The Morgan fingerprint density at radius 3 is 2.31 bits per heavy atom. The van der Waals surface area contributed by atoms with Crippen molar-refractivity contribution in [3.63, 3.8) is 0 Å². The van der Waals surface area contributed by atoms with E-state index in [9.17, 15) is 18.0 Å². The highest BCUT2D eigenvalue weighted by atomic mass is 35.5. The fraction of sp³-hybridized carbons (Fsp3) is 0.440. The largest absolute Gasteiger partial charge is 0.497 e. The molecule has 0 aromatic heterocycles. The average molecular weight is 559 g/mol. The summed E-state index contributed by atoms with van der Waals surface area (Å²) >= 11 is 12.4. The van der Waals surface area contributed by atoms with Crippen molar-refractivity contribution in [2.24, 2.45) is 0 Å². The van der Waals surface area contributed by atoms with Crippen LogP contribution in [-0.4, -0.2) is 56.6 Å². The summed E-state index contributed by atoms with van der Waals surface area (Å²) in [6.07, 6.45) is 1.32. The quantitative estimate of drug-likeness (QED) is 0.464. The smallest absolute Gasteiger partial charge is 0.244 e. The lowest BCUT2D eigenvalue weighted by atomic mass is 10.1. The molecule has 0 fully saturated rings. The maximum atomic E-state index is 13.7. The molecular weight excluding hydrogens is 525 g/mol. The summed E-state index contributed by atoms with van der Waals surface area (Å²) in [4.78, 5) is 28.3. The predicted molar refractivity (Wildman–Crippen MR) is 144 cm³/mol. The third kappa shape index (κ3) is 8.28. The van der Waals surface area contributed by atoms with Gasteiger partial charge in [-0.15, -0.1) is 0 Å². The molecule has 0 unspecified atom stereocenters. The molecule has 2 rings (SSSR count). The van der Waals surface area contributed by atoms with Crippen LogP contribution < -0.4 is 14.4 Å². The number of carbonyl (C=O) groups excluding carboxylic acids is 2. The molecule has 0 spiro atoms. The van der Waals surface area contributed by atoms with Gasteiger partial charge in [0.2, 0.25) is 21.8 Å². The number of methoxy groups -OCH3 is 1. The molecule has 0 bridgehead atoms. The van der Waals surface area contributed by atoms with E-state index in [1.807, 2.05) is 20.8 Å². The molecule has 2 aromatic carbocycles. The predicted octanol–water partition coefficient (Wildman–Crippen LogP) is 4.49. The molecular formula is C25H33Cl2N3O5S. The van der Waals surface area contributed by atoms with Gasteiger partial charge in [-0.1, -0.05) is 42.3 Å². The molecule has 0 radical (unpaired) electrons. The molecule has 0 heterocycles. The van der Waals surface area contributed by atoms with E-state index in [0.29, 0.717) is 27.8 Å². The summed E-state index contributed by atoms with van der Waals surface area (Å²) in [5.41, 5.74) is 0.307. The standard InChI is InChI=1S/C25H33Cl2N3O5S/c1-7-22(24(32)28-25(2,3)4)29(15-17-11-12-18(26)13-21(17)27)23(31)16-30(36(6,33)34)19-9-8-10-20(14-19)35-5/h8-14,22H,7,15-16H2,1-6H3,(H,28,32)/t22-/m1/s1. The Balaban J connectivity index is 2.51. The minimum absolute atomic E-state index is 0.0133. The van der Waals surface area contributed by atoms with Crippen molar-refractivity contribution in [2.45, 2.75) is 52.2 Å². The molecule has 2 aromatic rings. The van der Waals surface area contributed by atoms with E-state index >= 15 is 0 Å². The molecule has 0 saturated heterocycles. The topological polar surface area (TPSA) is 96.0 Å². The van der Waals surface area contributed by atoms with Crippen LogP contribution in [0.3, 0.4) is 0 Å². The van der Waals surface area contributed by atoms with Gasteiger partial charge >= 0.3 is 0 Å². The monoisotopic (exact) mass is 557 g/mol. The number of anilines is 1. The summed E-state index contributed by atoms with van der Waals surface area (Å²) in [5.74, 6) is -0.477. The van der Waals surface area contributed by atoms with Gasteiger partial charge in [-0.25, -0.2) is 8.42 Å². The number of ether oxygens (including phenoxy) is 1. The Hall–Kier alpha value is -2.49. The number of hydrogen-bond donors (Lipinski definition) is 1. The highest BCUT2D eigenvalue weighted by molar-refractivity contribution is 7.92. The van der Waals surface area contributed by atoms with Crippen molar-refractivity contribution in [3.8, 4) is 5.75 Å². The van der Waals surface area contributed by atoms with E-state index in [2.05, 4.69) is 5.32 Å². The van der Waals surface area contributed by atoms with Crippen molar-refractivity contribution in [3.05, 3.63) is 58.1 Å². The number of nitrogens with zero attached hydrogens (tertiary/aromatic N) is 2. The molecule has 36 heavy (non-hydrogen) atoms. The van der Waals surface area contributed by atoms with E-state index in [4.69, 9.17) is 27.9 Å². The summed E-state index contributed by atoms with van der Waals surface area (Å²) < 4.78 is 31.6. The average Bonchev–Trinajstić information content (AvgIpc) is 2.76. The Labute approximate surface area is 223 Å². The minimum Gasteiger partial charge on any atom is -0.497 e. The van der Waals surface area contributed by atoms with E-state index in [1.165, 1.54) is 18.1 Å². The number of hydrogen-bond acceptors (Lipinski definition) is 5. The Kier molecular flexibility index (Phi) is 10.0. The lowest BCUT2D eigenvalue weighted by Crippen LogP contribution is -2.55. The van der Waals surface area contributed by atoms with Crippen molar-refractivity contribution >= 4 is 50.7 Å². The number of amides is 2. The number of nitrogens with one attached hydrogen (secondary N) is 1. The van der Waals surface area contributed by atoms with Gasteiger partial charge < -0.3 is 15.0 Å². The van der Waals surface area contributed by atoms with Crippen molar-refractivity contribution < 1.29 is 22.7 Å². The van der Waals surface area contributed by atoms with Crippen LogP contribution in [0.15, 0.2) is 42.5 Å². The van der Waals surface area contributed by atoms with Gasteiger partial charge in [-0.05, 0) is 57.0 Å². The van der Waals surface area contributed by atoms with Crippen LogP contribution in [-0.2, 0) is 26.2 Å². The number of benzene rings is 2. The van der Waals surface area contributed by atoms with Gasteiger partial charge in [-0.3, -0.25) is 13.9 Å². The van der Waals surface area contributed by atoms with Crippen LogP contribution in [0.5, 0.6) is 5.75 Å². The molecule has 198 valence electrons. The number of halogens is 2. The Morgan fingerprint density at radius 1 is 1.11 bits per heavy atom. The second-order valence-corrected chi connectivity index (χ2v) is 12.1. The highest BCUT2D eigenvalue weighted by Crippen LogP contribution is 2.26. The number of sulfonamides is 1. The van der Waals surface area contributed by atoms with Crippen LogP contribution in [0.2, 0.25) is 10.0 Å². The van der Waals surface area contributed by atoms with Crippen molar-refractivity contribution in [1.82, 2.24) is 10.2 Å². The van der Waals surface area contributed by atoms with Gasteiger partial charge in [0.05, 0.1) is 19.1 Å². The molecule has 0 saturated carbocycles. The molecule has 0 aliphatic carbocycles. The van der Waals surface area contributed by atoms with Crippen LogP contribution in [0.4, 0.5) is 5.69 Å². The van der Waals surface area contributed by atoms with Gasteiger partial charge in [-0.2, -0.15) is 0 Å². The molecule has 1 N–H and O–H groups in total. The minimum atomic E-state index is -3.85.